The summed E-state index contributed by atoms with van der Waals surface area (Å²) in [5, 5.41) is 4.47. The van der Waals surface area contributed by atoms with Crippen molar-refractivity contribution in [3.05, 3.63) is 35.2 Å². The van der Waals surface area contributed by atoms with Crippen LogP contribution in [0.1, 0.15) is 32.6 Å². The Kier molecular flexibility index (Phi) is 3.71. The van der Waals surface area contributed by atoms with E-state index in [9.17, 15) is 0 Å². The lowest BCUT2D eigenvalue weighted by Gasteiger charge is -2.19. The molecular weight excluding hydrogens is 240 g/mol. The van der Waals surface area contributed by atoms with Gasteiger partial charge in [0.15, 0.2) is 5.13 Å². The van der Waals surface area contributed by atoms with Gasteiger partial charge in [-0.3, -0.25) is 0 Å². The molecule has 3 heteroatoms. The molecule has 0 spiro atoms. The number of thiazole rings is 1. The van der Waals surface area contributed by atoms with Crippen LogP contribution in [-0.2, 0) is 6.42 Å². The van der Waals surface area contributed by atoms with E-state index in [1.807, 2.05) is 6.07 Å². The van der Waals surface area contributed by atoms with Gasteiger partial charge in [-0.1, -0.05) is 37.3 Å². The summed E-state index contributed by atoms with van der Waals surface area (Å²) in [7, 11) is 0. The number of hydrogen-bond acceptors (Lipinski definition) is 3. The van der Waals surface area contributed by atoms with Crippen molar-refractivity contribution in [3.63, 3.8) is 0 Å². The molecule has 1 heterocycles. The molecule has 0 aliphatic heterocycles. The fraction of sp³-hybridized carbons (Fsp3) is 0.400. The molecule has 96 valence electrons. The Morgan fingerprint density at radius 1 is 1.17 bits per heavy atom. The fourth-order valence-electron chi connectivity index (χ4n) is 1.79. The Morgan fingerprint density at radius 3 is 2.39 bits per heavy atom. The third-order valence-corrected chi connectivity index (χ3v) is 3.66. The van der Waals surface area contributed by atoms with Gasteiger partial charge in [-0.2, -0.15) is 0 Å². The van der Waals surface area contributed by atoms with Crippen LogP contribution in [0.5, 0.6) is 0 Å². The topological polar surface area (TPSA) is 24.9 Å². The van der Waals surface area contributed by atoms with Gasteiger partial charge in [0.1, 0.15) is 0 Å². The Morgan fingerprint density at radius 2 is 1.83 bits per heavy atom. The zero-order valence-electron chi connectivity index (χ0n) is 11.4. The van der Waals surface area contributed by atoms with E-state index >= 15 is 0 Å². The van der Waals surface area contributed by atoms with E-state index < -0.39 is 0 Å². The molecule has 0 radical (unpaired) electrons. The first-order valence-electron chi connectivity index (χ1n) is 6.33. The molecule has 0 unspecified atom stereocenters. The highest BCUT2D eigenvalue weighted by Crippen LogP contribution is 2.32. The maximum absolute atomic E-state index is 4.74. The van der Waals surface area contributed by atoms with Gasteiger partial charge in [0.05, 0.1) is 5.69 Å². The highest BCUT2D eigenvalue weighted by Gasteiger charge is 2.16. The molecule has 2 aromatic rings. The van der Waals surface area contributed by atoms with E-state index in [0.717, 1.165) is 17.2 Å². The van der Waals surface area contributed by atoms with Crippen molar-refractivity contribution in [2.24, 2.45) is 0 Å². The molecule has 18 heavy (non-hydrogen) atoms. The second-order valence-corrected chi connectivity index (χ2v) is 6.47. The molecule has 0 aliphatic carbocycles. The van der Waals surface area contributed by atoms with Crippen molar-refractivity contribution < 1.29 is 0 Å². The van der Waals surface area contributed by atoms with E-state index in [-0.39, 0.29) is 5.54 Å². The smallest absolute Gasteiger partial charge is 0.183 e. The van der Waals surface area contributed by atoms with Crippen LogP contribution in [-0.4, -0.2) is 10.5 Å². The average Bonchev–Trinajstić information content (AvgIpc) is 2.71. The molecule has 0 saturated heterocycles. The van der Waals surface area contributed by atoms with Gasteiger partial charge in [-0.05, 0) is 27.2 Å². The van der Waals surface area contributed by atoms with E-state index in [1.165, 1.54) is 10.4 Å². The first-order chi connectivity index (χ1) is 8.49. The maximum atomic E-state index is 4.74. The fourth-order valence-corrected chi connectivity index (χ4v) is 2.92. The number of nitrogens with one attached hydrogen (secondary N) is 1. The standard InChI is InChI=1S/C15H20N2S/c1-5-12-13(11-9-7-6-8-10-11)16-14(18-12)17-15(2,3)4/h6-10H,5H2,1-4H3,(H,16,17). The van der Waals surface area contributed by atoms with Crippen molar-refractivity contribution in [3.8, 4) is 11.3 Å². The minimum Gasteiger partial charge on any atom is -0.357 e. The Labute approximate surface area is 113 Å². The third kappa shape index (κ3) is 3.10. The molecule has 1 aromatic heterocycles. The predicted molar refractivity (Wildman–Crippen MR) is 80.3 cm³/mol. The summed E-state index contributed by atoms with van der Waals surface area (Å²) in [6.07, 6.45) is 1.02. The van der Waals surface area contributed by atoms with Crippen LogP contribution in [0.3, 0.4) is 0 Å². The zero-order chi connectivity index (χ0) is 13.2. The highest BCUT2D eigenvalue weighted by atomic mass is 32.1. The van der Waals surface area contributed by atoms with Crippen LogP contribution in [0, 0.1) is 0 Å². The van der Waals surface area contributed by atoms with E-state index in [4.69, 9.17) is 4.98 Å². The second-order valence-electron chi connectivity index (χ2n) is 5.39. The largest absolute Gasteiger partial charge is 0.357 e. The number of hydrogen-bond donors (Lipinski definition) is 1. The minimum atomic E-state index is 0.0524. The minimum absolute atomic E-state index is 0.0524. The summed E-state index contributed by atoms with van der Waals surface area (Å²) in [5.41, 5.74) is 2.37. The van der Waals surface area contributed by atoms with Crippen molar-refractivity contribution >= 4 is 16.5 Å². The number of anilines is 1. The molecule has 0 aliphatic rings. The normalized spacial score (nSPS) is 11.6. The number of aromatic nitrogens is 1. The molecule has 1 aromatic carbocycles. The van der Waals surface area contributed by atoms with Crippen molar-refractivity contribution in [1.29, 1.82) is 0 Å². The lowest BCUT2D eigenvalue weighted by atomic mass is 10.1. The molecular formula is C15H20N2S. The molecule has 2 rings (SSSR count). The second kappa shape index (κ2) is 5.11. The molecule has 0 bridgehead atoms. The number of aryl methyl sites for hydroxylation is 1. The maximum Gasteiger partial charge on any atom is 0.183 e. The summed E-state index contributed by atoms with van der Waals surface area (Å²) < 4.78 is 0. The molecule has 0 fully saturated rings. The molecule has 2 nitrogen and oxygen atoms in total. The summed E-state index contributed by atoms with van der Waals surface area (Å²) in [5.74, 6) is 0. The quantitative estimate of drug-likeness (QED) is 0.873. The van der Waals surface area contributed by atoms with Gasteiger partial charge in [0, 0.05) is 16.0 Å². The van der Waals surface area contributed by atoms with E-state index in [1.54, 1.807) is 11.3 Å². The molecule has 0 saturated carbocycles. The van der Waals surface area contributed by atoms with Crippen LogP contribution in [0.2, 0.25) is 0 Å². The van der Waals surface area contributed by atoms with E-state index in [2.05, 4.69) is 57.3 Å². The van der Waals surface area contributed by atoms with Crippen molar-refractivity contribution in [2.75, 3.05) is 5.32 Å². The summed E-state index contributed by atoms with van der Waals surface area (Å²) >= 11 is 1.76. The van der Waals surface area contributed by atoms with E-state index in [0.29, 0.717) is 0 Å². The lowest BCUT2D eigenvalue weighted by molar-refractivity contribution is 0.633. The van der Waals surface area contributed by atoms with Crippen LogP contribution in [0.4, 0.5) is 5.13 Å². The predicted octanol–water partition coefficient (Wildman–Crippen LogP) is 4.58. The Hall–Kier alpha value is -1.35. The zero-order valence-corrected chi connectivity index (χ0v) is 12.3. The van der Waals surface area contributed by atoms with Crippen LogP contribution in [0.15, 0.2) is 30.3 Å². The lowest BCUT2D eigenvalue weighted by Crippen LogP contribution is -2.25. The van der Waals surface area contributed by atoms with Crippen LogP contribution < -0.4 is 5.32 Å². The van der Waals surface area contributed by atoms with Gasteiger partial charge >= 0.3 is 0 Å². The monoisotopic (exact) mass is 260 g/mol. The first kappa shape index (κ1) is 13.1. The van der Waals surface area contributed by atoms with Gasteiger partial charge in [-0.25, -0.2) is 4.98 Å². The van der Waals surface area contributed by atoms with Crippen LogP contribution >= 0.6 is 11.3 Å². The summed E-state index contributed by atoms with van der Waals surface area (Å²) in [6.45, 7) is 8.65. The van der Waals surface area contributed by atoms with Gasteiger partial charge in [0.25, 0.3) is 0 Å². The molecule has 1 N–H and O–H groups in total. The van der Waals surface area contributed by atoms with Gasteiger partial charge < -0.3 is 5.32 Å². The summed E-state index contributed by atoms with van der Waals surface area (Å²) in [4.78, 5) is 6.08. The van der Waals surface area contributed by atoms with Crippen LogP contribution in [0.25, 0.3) is 11.3 Å². The first-order valence-corrected chi connectivity index (χ1v) is 7.14. The third-order valence-electron chi connectivity index (χ3n) is 2.55. The SMILES string of the molecule is CCc1sc(NC(C)(C)C)nc1-c1ccccc1. The summed E-state index contributed by atoms with van der Waals surface area (Å²) in [6, 6.07) is 10.4. The van der Waals surface area contributed by atoms with Gasteiger partial charge in [-0.15, -0.1) is 11.3 Å². The number of nitrogens with zero attached hydrogens (tertiary/aromatic N) is 1. The highest BCUT2D eigenvalue weighted by molar-refractivity contribution is 7.16. The average molecular weight is 260 g/mol. The number of rotatable bonds is 3. The van der Waals surface area contributed by atoms with Crippen molar-refractivity contribution in [1.82, 2.24) is 4.98 Å². The molecule has 0 amide bonds. The molecule has 0 atom stereocenters. The van der Waals surface area contributed by atoms with Gasteiger partial charge in [0.2, 0.25) is 0 Å². The Bertz CT molecular complexity index is 509. The number of benzene rings is 1. The van der Waals surface area contributed by atoms with Crippen molar-refractivity contribution in [2.45, 2.75) is 39.7 Å². The Balaban J connectivity index is 2.36.